The van der Waals surface area contributed by atoms with Crippen molar-refractivity contribution in [3.63, 3.8) is 0 Å². The lowest BCUT2D eigenvalue weighted by atomic mass is 9.82. The second-order valence-electron chi connectivity index (χ2n) is 5.99. The zero-order valence-corrected chi connectivity index (χ0v) is 13.2. The number of nitrogens with one attached hydrogen (secondary N) is 1. The molecule has 0 atom stereocenters. The molecule has 23 heavy (non-hydrogen) atoms. The van der Waals surface area contributed by atoms with Crippen LogP contribution in [0.3, 0.4) is 0 Å². The number of carbonyl (C=O) groups is 1. The molecule has 0 aromatic heterocycles. The molecule has 0 unspecified atom stereocenters. The van der Waals surface area contributed by atoms with Crippen LogP contribution in [0.2, 0.25) is 0 Å². The monoisotopic (exact) mass is 303 g/mol. The minimum Gasteiger partial charge on any atom is -0.281 e. The van der Waals surface area contributed by atoms with Crippen molar-refractivity contribution in [2.75, 3.05) is 0 Å². The van der Waals surface area contributed by atoms with Crippen molar-refractivity contribution in [2.45, 2.75) is 38.0 Å². The molecular formula is C21H21NO. The highest BCUT2D eigenvalue weighted by molar-refractivity contribution is 5.95. The van der Waals surface area contributed by atoms with E-state index in [0.717, 1.165) is 5.56 Å². The Morgan fingerprint density at radius 1 is 0.913 bits per heavy atom. The first-order valence-electron chi connectivity index (χ1n) is 8.30. The van der Waals surface area contributed by atoms with Gasteiger partial charge in [0, 0.05) is 17.2 Å². The number of carbonyl (C=O) groups excluding carboxylic acids is 1. The zero-order valence-electron chi connectivity index (χ0n) is 13.2. The summed E-state index contributed by atoms with van der Waals surface area (Å²) in [5.74, 6) is 3.58. The van der Waals surface area contributed by atoms with Gasteiger partial charge in [-0.1, -0.05) is 55.7 Å². The molecule has 2 aromatic carbocycles. The van der Waals surface area contributed by atoms with E-state index in [-0.39, 0.29) is 5.91 Å². The Morgan fingerprint density at radius 3 is 2.39 bits per heavy atom. The normalized spacial score (nSPS) is 14.6. The highest BCUT2D eigenvalue weighted by atomic mass is 16.1. The average Bonchev–Trinajstić information content (AvgIpc) is 2.63. The fourth-order valence-electron chi connectivity index (χ4n) is 3.20. The molecule has 0 spiro atoms. The van der Waals surface area contributed by atoms with Crippen molar-refractivity contribution >= 4 is 5.91 Å². The second-order valence-corrected chi connectivity index (χ2v) is 5.99. The van der Waals surface area contributed by atoms with E-state index in [2.05, 4.69) is 29.4 Å². The molecule has 116 valence electrons. The lowest BCUT2D eigenvalue weighted by Crippen LogP contribution is -2.17. The standard InChI is InChI=1S/C21H21NO/c23-21(19-12-5-2-6-13-19)22-16-15-18-11-7-8-14-20(18)17-9-3-1-4-10-17/h2,5-8,11-14,17H,1,3-4,9-10H2,(H,22,23). The van der Waals surface area contributed by atoms with Gasteiger partial charge < -0.3 is 0 Å². The van der Waals surface area contributed by atoms with Crippen LogP contribution in [0.15, 0.2) is 54.6 Å². The fraction of sp³-hybridized carbons (Fsp3) is 0.286. The quantitative estimate of drug-likeness (QED) is 0.643. The van der Waals surface area contributed by atoms with E-state index < -0.39 is 0 Å². The van der Waals surface area contributed by atoms with E-state index in [1.54, 1.807) is 12.1 Å². The summed E-state index contributed by atoms with van der Waals surface area (Å²) in [6, 6.07) is 20.3. The molecule has 0 saturated heterocycles. The van der Waals surface area contributed by atoms with Crippen molar-refractivity contribution in [1.82, 2.24) is 5.32 Å². The molecule has 1 aliphatic carbocycles. The smallest absolute Gasteiger partial charge is 0.262 e. The van der Waals surface area contributed by atoms with Crippen molar-refractivity contribution in [1.29, 1.82) is 0 Å². The second kappa shape index (κ2) is 7.65. The Bertz CT molecular complexity index is 718. The maximum atomic E-state index is 12.0. The van der Waals surface area contributed by atoms with Gasteiger partial charge in [-0.2, -0.15) is 0 Å². The Balaban J connectivity index is 1.72. The highest BCUT2D eigenvalue weighted by Crippen LogP contribution is 2.33. The van der Waals surface area contributed by atoms with Crippen LogP contribution in [0.1, 0.15) is 59.5 Å². The molecule has 0 radical (unpaired) electrons. The SMILES string of the molecule is O=C(NC#Cc1ccccc1C1CCCCC1)c1ccccc1. The number of hydrogen-bond donors (Lipinski definition) is 1. The van der Waals surface area contributed by atoms with Gasteiger partial charge in [-0.05, 0) is 48.4 Å². The van der Waals surface area contributed by atoms with Crippen LogP contribution in [0.5, 0.6) is 0 Å². The third-order valence-corrected chi connectivity index (χ3v) is 4.41. The van der Waals surface area contributed by atoms with E-state index in [1.165, 1.54) is 37.7 Å². The van der Waals surface area contributed by atoms with Crippen LogP contribution in [0.4, 0.5) is 0 Å². The zero-order chi connectivity index (χ0) is 15.9. The fourth-order valence-corrected chi connectivity index (χ4v) is 3.20. The number of hydrogen-bond acceptors (Lipinski definition) is 1. The topological polar surface area (TPSA) is 29.1 Å². The summed E-state index contributed by atoms with van der Waals surface area (Å²) in [7, 11) is 0. The summed E-state index contributed by atoms with van der Waals surface area (Å²) in [6.07, 6.45) is 6.44. The summed E-state index contributed by atoms with van der Waals surface area (Å²) >= 11 is 0. The van der Waals surface area contributed by atoms with Gasteiger partial charge in [0.2, 0.25) is 0 Å². The van der Waals surface area contributed by atoms with Crippen LogP contribution in [-0.4, -0.2) is 5.91 Å². The maximum Gasteiger partial charge on any atom is 0.262 e. The summed E-state index contributed by atoms with van der Waals surface area (Å²) < 4.78 is 0. The van der Waals surface area contributed by atoms with Gasteiger partial charge in [-0.25, -0.2) is 0 Å². The molecule has 1 amide bonds. The first kappa shape index (κ1) is 15.4. The third kappa shape index (κ3) is 4.02. The van der Waals surface area contributed by atoms with Crippen LogP contribution in [0.25, 0.3) is 0 Å². The van der Waals surface area contributed by atoms with E-state index in [4.69, 9.17) is 0 Å². The Kier molecular flexibility index (Phi) is 5.11. The minimum absolute atomic E-state index is 0.159. The van der Waals surface area contributed by atoms with E-state index >= 15 is 0 Å². The van der Waals surface area contributed by atoms with Crippen molar-refractivity contribution in [3.05, 3.63) is 71.3 Å². The molecule has 2 heteroatoms. The first-order valence-corrected chi connectivity index (χ1v) is 8.30. The van der Waals surface area contributed by atoms with Crippen molar-refractivity contribution < 1.29 is 4.79 Å². The molecule has 1 aliphatic rings. The summed E-state index contributed by atoms with van der Waals surface area (Å²) in [5.41, 5.74) is 2.99. The van der Waals surface area contributed by atoms with Crippen molar-refractivity contribution in [2.24, 2.45) is 0 Å². The van der Waals surface area contributed by atoms with Gasteiger partial charge in [0.15, 0.2) is 0 Å². The summed E-state index contributed by atoms with van der Waals surface area (Å²) in [5, 5.41) is 2.68. The molecule has 1 N–H and O–H groups in total. The van der Waals surface area contributed by atoms with Gasteiger partial charge in [0.1, 0.15) is 0 Å². The first-order chi connectivity index (χ1) is 11.3. The predicted octanol–water partition coefficient (Wildman–Crippen LogP) is 4.47. The maximum absolute atomic E-state index is 12.0. The molecule has 2 aromatic rings. The molecule has 1 saturated carbocycles. The summed E-state index contributed by atoms with van der Waals surface area (Å²) in [4.78, 5) is 12.0. The number of amides is 1. The van der Waals surface area contributed by atoms with Gasteiger partial charge in [0.05, 0.1) is 0 Å². The van der Waals surface area contributed by atoms with Crippen LogP contribution in [0, 0.1) is 12.0 Å². The lowest BCUT2D eigenvalue weighted by molar-refractivity contribution is 0.0973. The molecule has 2 nitrogen and oxygen atoms in total. The molecule has 0 heterocycles. The largest absolute Gasteiger partial charge is 0.281 e. The molecule has 3 rings (SSSR count). The molecule has 0 bridgehead atoms. The van der Waals surface area contributed by atoms with Gasteiger partial charge in [0.25, 0.3) is 5.91 Å². The van der Waals surface area contributed by atoms with Gasteiger partial charge in [-0.3, -0.25) is 10.1 Å². The van der Waals surface area contributed by atoms with Crippen LogP contribution < -0.4 is 5.32 Å². The van der Waals surface area contributed by atoms with Gasteiger partial charge in [-0.15, -0.1) is 0 Å². The van der Waals surface area contributed by atoms with Crippen molar-refractivity contribution in [3.8, 4) is 12.0 Å². The number of rotatable bonds is 2. The Morgan fingerprint density at radius 2 is 1.61 bits per heavy atom. The average molecular weight is 303 g/mol. The van der Waals surface area contributed by atoms with Crippen LogP contribution in [-0.2, 0) is 0 Å². The molecular weight excluding hydrogens is 282 g/mol. The predicted molar refractivity (Wildman–Crippen MR) is 93.1 cm³/mol. The van der Waals surface area contributed by atoms with E-state index in [0.29, 0.717) is 11.5 Å². The van der Waals surface area contributed by atoms with E-state index in [1.807, 2.05) is 30.3 Å². The third-order valence-electron chi connectivity index (χ3n) is 4.41. The van der Waals surface area contributed by atoms with Crippen LogP contribution >= 0.6 is 0 Å². The lowest BCUT2D eigenvalue weighted by Gasteiger charge is -2.22. The van der Waals surface area contributed by atoms with E-state index in [9.17, 15) is 4.79 Å². The number of benzene rings is 2. The Hall–Kier alpha value is -2.53. The summed E-state index contributed by atoms with van der Waals surface area (Å²) in [6.45, 7) is 0. The Labute approximate surface area is 137 Å². The molecule has 1 fully saturated rings. The molecule has 0 aliphatic heterocycles. The minimum atomic E-state index is -0.159. The van der Waals surface area contributed by atoms with Gasteiger partial charge >= 0.3 is 0 Å². The highest BCUT2D eigenvalue weighted by Gasteiger charge is 2.17.